The molecule has 5 aromatic rings. The summed E-state index contributed by atoms with van der Waals surface area (Å²) in [6.45, 7) is 2.55. The number of carboxylic acid groups (broad SMARTS) is 1. The molecule has 0 aliphatic heterocycles. The second-order valence-corrected chi connectivity index (χ2v) is 8.59. The Morgan fingerprint density at radius 3 is 2.16 bits per heavy atom. The van der Waals surface area contributed by atoms with Crippen LogP contribution in [0.25, 0.3) is 28.2 Å². The summed E-state index contributed by atoms with van der Waals surface area (Å²) in [6, 6.07) is 34.5. The van der Waals surface area contributed by atoms with E-state index in [1.165, 1.54) is 12.1 Å². The van der Waals surface area contributed by atoms with Crippen LogP contribution in [0.3, 0.4) is 0 Å². The average molecular weight is 503 g/mol. The number of aromatic carboxylic acids is 1. The molecule has 0 aliphatic rings. The number of nitrogens with zero attached hydrogens (tertiary/aromatic N) is 2. The normalized spacial score (nSPS) is 11.1. The fourth-order valence-electron chi connectivity index (χ4n) is 4.39. The first-order valence-corrected chi connectivity index (χ1v) is 12.3. The van der Waals surface area contributed by atoms with Crippen molar-refractivity contribution < 1.29 is 19.7 Å². The SMILES string of the molecule is CCOc1ccc(-n2c(-c3ccccc3)cc(C=Nc3ccc(O)c(C(=O)O)c3)c2-c2ccccc2)cc1. The molecule has 0 bridgehead atoms. The Morgan fingerprint density at radius 1 is 0.868 bits per heavy atom. The van der Waals surface area contributed by atoms with Crippen molar-refractivity contribution in [1.82, 2.24) is 4.57 Å². The third-order valence-electron chi connectivity index (χ3n) is 6.12. The summed E-state index contributed by atoms with van der Waals surface area (Å²) in [5.41, 5.74) is 6.01. The molecule has 0 radical (unpaired) electrons. The molecule has 188 valence electrons. The molecule has 0 unspecified atom stereocenters. The van der Waals surface area contributed by atoms with Crippen LogP contribution >= 0.6 is 0 Å². The molecular weight excluding hydrogens is 476 g/mol. The van der Waals surface area contributed by atoms with E-state index in [1.54, 1.807) is 12.3 Å². The van der Waals surface area contributed by atoms with Crippen molar-refractivity contribution in [2.24, 2.45) is 4.99 Å². The van der Waals surface area contributed by atoms with E-state index in [1.807, 2.05) is 67.6 Å². The lowest BCUT2D eigenvalue weighted by atomic mass is 10.1. The lowest BCUT2D eigenvalue weighted by Crippen LogP contribution is -2.01. The number of rotatable bonds is 8. The first-order chi connectivity index (χ1) is 18.5. The summed E-state index contributed by atoms with van der Waals surface area (Å²) in [7, 11) is 0. The molecule has 38 heavy (non-hydrogen) atoms. The van der Waals surface area contributed by atoms with E-state index in [-0.39, 0.29) is 11.3 Å². The molecule has 0 saturated heterocycles. The van der Waals surface area contributed by atoms with E-state index >= 15 is 0 Å². The van der Waals surface area contributed by atoms with E-state index in [0.29, 0.717) is 12.3 Å². The maximum atomic E-state index is 11.5. The van der Waals surface area contributed by atoms with E-state index < -0.39 is 5.97 Å². The van der Waals surface area contributed by atoms with Gasteiger partial charge in [-0.2, -0.15) is 0 Å². The van der Waals surface area contributed by atoms with Gasteiger partial charge in [-0.3, -0.25) is 4.99 Å². The number of hydrogen-bond acceptors (Lipinski definition) is 4. The van der Waals surface area contributed by atoms with Crippen LogP contribution < -0.4 is 4.74 Å². The number of ether oxygens (including phenoxy) is 1. The lowest BCUT2D eigenvalue weighted by molar-refractivity contribution is 0.0693. The highest BCUT2D eigenvalue weighted by atomic mass is 16.5. The first kappa shape index (κ1) is 24.6. The van der Waals surface area contributed by atoms with Gasteiger partial charge in [-0.25, -0.2) is 4.79 Å². The van der Waals surface area contributed by atoms with Gasteiger partial charge in [0.05, 0.1) is 23.7 Å². The number of benzene rings is 4. The van der Waals surface area contributed by atoms with Crippen LogP contribution in [-0.2, 0) is 0 Å². The minimum absolute atomic E-state index is 0.195. The van der Waals surface area contributed by atoms with Crippen LogP contribution in [0, 0.1) is 0 Å². The standard InChI is InChI=1S/C32H26N2O4/c1-2-38-27-16-14-26(15-17-27)34-29(22-9-5-3-6-10-22)19-24(31(34)23-11-7-4-8-12-23)21-33-25-13-18-30(35)28(20-25)32(36)37/h3-21,35H,2H2,1H3,(H,36,37). The highest BCUT2D eigenvalue weighted by molar-refractivity contribution is 5.96. The molecule has 5 rings (SSSR count). The van der Waals surface area contributed by atoms with Gasteiger partial charge in [0.2, 0.25) is 0 Å². The van der Waals surface area contributed by atoms with Gasteiger partial charge in [-0.1, -0.05) is 60.7 Å². The summed E-state index contributed by atoms with van der Waals surface area (Å²) in [6.07, 6.45) is 1.73. The third kappa shape index (κ3) is 5.06. The Kier molecular flexibility index (Phi) is 7.04. The quantitative estimate of drug-likeness (QED) is 0.217. The predicted molar refractivity (Wildman–Crippen MR) is 150 cm³/mol. The van der Waals surface area contributed by atoms with Gasteiger partial charge in [0.15, 0.2) is 0 Å². The minimum atomic E-state index is -1.21. The van der Waals surface area contributed by atoms with Crippen molar-refractivity contribution >= 4 is 17.9 Å². The van der Waals surface area contributed by atoms with Crippen LogP contribution in [-0.4, -0.2) is 33.6 Å². The average Bonchev–Trinajstić information content (AvgIpc) is 3.33. The smallest absolute Gasteiger partial charge is 0.339 e. The molecule has 0 spiro atoms. The Hall–Kier alpha value is -5.10. The number of hydrogen-bond donors (Lipinski definition) is 2. The van der Waals surface area contributed by atoms with E-state index in [0.717, 1.165) is 39.5 Å². The number of aromatic hydroxyl groups is 1. The van der Waals surface area contributed by atoms with Gasteiger partial charge < -0.3 is 19.5 Å². The summed E-state index contributed by atoms with van der Waals surface area (Å²) >= 11 is 0. The molecule has 0 saturated carbocycles. The Labute approximate surface area is 220 Å². The number of carboxylic acids is 1. The van der Waals surface area contributed by atoms with E-state index in [4.69, 9.17) is 4.74 Å². The van der Waals surface area contributed by atoms with Gasteiger partial charge in [-0.15, -0.1) is 0 Å². The third-order valence-corrected chi connectivity index (χ3v) is 6.12. The van der Waals surface area contributed by atoms with Crippen LogP contribution in [0.5, 0.6) is 11.5 Å². The number of carbonyl (C=O) groups is 1. The van der Waals surface area contributed by atoms with Gasteiger partial charge in [0, 0.05) is 17.5 Å². The number of aromatic nitrogens is 1. The first-order valence-electron chi connectivity index (χ1n) is 12.3. The lowest BCUT2D eigenvalue weighted by Gasteiger charge is -2.15. The molecule has 2 N–H and O–H groups in total. The molecule has 1 aromatic heterocycles. The van der Waals surface area contributed by atoms with Crippen LogP contribution in [0.15, 0.2) is 114 Å². The zero-order valence-electron chi connectivity index (χ0n) is 20.8. The van der Waals surface area contributed by atoms with E-state index in [2.05, 4.69) is 39.9 Å². The molecule has 0 atom stereocenters. The van der Waals surface area contributed by atoms with Crippen LogP contribution in [0.4, 0.5) is 5.69 Å². The molecule has 4 aromatic carbocycles. The minimum Gasteiger partial charge on any atom is -0.507 e. The molecule has 0 fully saturated rings. The van der Waals surface area contributed by atoms with Crippen molar-refractivity contribution in [2.75, 3.05) is 6.61 Å². The Morgan fingerprint density at radius 2 is 1.53 bits per heavy atom. The summed E-state index contributed by atoms with van der Waals surface area (Å²) in [4.78, 5) is 16.1. The van der Waals surface area contributed by atoms with Crippen LogP contribution in [0.1, 0.15) is 22.8 Å². The largest absolute Gasteiger partial charge is 0.507 e. The second kappa shape index (κ2) is 10.9. The molecular formula is C32H26N2O4. The van der Waals surface area contributed by atoms with Crippen molar-refractivity contribution in [3.05, 3.63) is 120 Å². The zero-order chi connectivity index (χ0) is 26.5. The van der Waals surface area contributed by atoms with Gasteiger partial charge in [0.25, 0.3) is 0 Å². The maximum absolute atomic E-state index is 11.5. The molecule has 0 aliphatic carbocycles. The molecule has 1 heterocycles. The Bertz CT molecular complexity index is 1590. The number of aliphatic imine (C=N–C) groups is 1. The Balaban J connectivity index is 1.72. The molecule has 6 heteroatoms. The van der Waals surface area contributed by atoms with Crippen molar-refractivity contribution in [2.45, 2.75) is 6.92 Å². The summed E-state index contributed by atoms with van der Waals surface area (Å²) in [5, 5.41) is 19.3. The zero-order valence-corrected chi connectivity index (χ0v) is 20.8. The van der Waals surface area contributed by atoms with Gasteiger partial charge in [0.1, 0.15) is 17.1 Å². The highest BCUT2D eigenvalue weighted by Crippen LogP contribution is 2.36. The predicted octanol–water partition coefficient (Wildman–Crippen LogP) is 7.36. The fraction of sp³-hybridized carbons (Fsp3) is 0.0625. The number of phenols is 1. The van der Waals surface area contributed by atoms with Crippen molar-refractivity contribution in [1.29, 1.82) is 0 Å². The summed E-state index contributed by atoms with van der Waals surface area (Å²) in [5.74, 6) is -0.707. The van der Waals surface area contributed by atoms with Crippen LogP contribution in [0.2, 0.25) is 0 Å². The maximum Gasteiger partial charge on any atom is 0.339 e. The van der Waals surface area contributed by atoms with Gasteiger partial charge >= 0.3 is 5.97 Å². The van der Waals surface area contributed by atoms with E-state index in [9.17, 15) is 15.0 Å². The molecule has 0 amide bonds. The van der Waals surface area contributed by atoms with Crippen molar-refractivity contribution in [3.63, 3.8) is 0 Å². The summed E-state index contributed by atoms with van der Waals surface area (Å²) < 4.78 is 7.86. The molecule has 6 nitrogen and oxygen atoms in total. The fourth-order valence-corrected chi connectivity index (χ4v) is 4.39. The highest BCUT2D eigenvalue weighted by Gasteiger charge is 2.19. The van der Waals surface area contributed by atoms with Gasteiger partial charge in [-0.05, 0) is 66.6 Å². The van der Waals surface area contributed by atoms with Crippen molar-refractivity contribution in [3.8, 4) is 39.7 Å². The second-order valence-electron chi connectivity index (χ2n) is 8.59. The topological polar surface area (TPSA) is 84.0 Å². The monoisotopic (exact) mass is 502 g/mol.